The molecule has 4 heterocycles. The quantitative estimate of drug-likeness (QED) is 0.248. The molecule has 4 aromatic rings. The van der Waals surface area contributed by atoms with Crippen molar-refractivity contribution >= 4 is 17.0 Å². The van der Waals surface area contributed by atoms with Gasteiger partial charge in [-0.3, -0.25) is 4.90 Å². The molecule has 2 fully saturated rings. The van der Waals surface area contributed by atoms with Crippen LogP contribution in [0.25, 0.3) is 11.0 Å². The number of hydrogen-bond donors (Lipinski definition) is 0. The molecule has 2 aliphatic heterocycles. The summed E-state index contributed by atoms with van der Waals surface area (Å²) in [7, 11) is 1.39. The van der Waals surface area contributed by atoms with Crippen LogP contribution in [0.5, 0.6) is 11.6 Å². The maximum absolute atomic E-state index is 14.2. The molecule has 10 nitrogen and oxygen atoms in total. The average molecular weight is 586 g/mol. The van der Waals surface area contributed by atoms with E-state index in [1.807, 2.05) is 30.3 Å². The predicted octanol–water partition coefficient (Wildman–Crippen LogP) is 4.50. The fourth-order valence-corrected chi connectivity index (χ4v) is 5.39. The maximum atomic E-state index is 14.2. The van der Waals surface area contributed by atoms with Crippen LogP contribution < -0.4 is 9.47 Å². The van der Waals surface area contributed by atoms with Crippen molar-refractivity contribution in [3.63, 3.8) is 0 Å². The first kappa shape index (κ1) is 28.6. The molecule has 0 radical (unpaired) electrons. The van der Waals surface area contributed by atoms with Gasteiger partial charge in [-0.05, 0) is 55.3 Å². The van der Waals surface area contributed by atoms with Gasteiger partial charge in [0.1, 0.15) is 18.5 Å². The zero-order valence-electron chi connectivity index (χ0n) is 23.9. The summed E-state index contributed by atoms with van der Waals surface area (Å²) < 4.78 is 38.5. The summed E-state index contributed by atoms with van der Waals surface area (Å²) in [6, 6.07) is 17.0. The van der Waals surface area contributed by atoms with E-state index >= 15 is 0 Å². The second-order valence-corrected chi connectivity index (χ2v) is 10.8. The second kappa shape index (κ2) is 12.8. The summed E-state index contributed by atoms with van der Waals surface area (Å²) in [4.78, 5) is 24.0. The fourth-order valence-electron chi connectivity index (χ4n) is 5.39. The number of piperidine rings is 1. The number of hydrogen-bond acceptors (Lipinski definition) is 9. The van der Waals surface area contributed by atoms with Crippen molar-refractivity contribution in [2.45, 2.75) is 38.6 Å². The van der Waals surface area contributed by atoms with E-state index in [1.54, 1.807) is 12.1 Å². The van der Waals surface area contributed by atoms with E-state index < -0.39 is 5.82 Å². The van der Waals surface area contributed by atoms with Gasteiger partial charge in [0, 0.05) is 31.6 Å². The van der Waals surface area contributed by atoms with Crippen LogP contribution >= 0.6 is 0 Å². The number of benzene rings is 2. The molecule has 0 N–H and O–H groups in total. The number of nitriles is 1. The molecule has 2 aromatic heterocycles. The summed E-state index contributed by atoms with van der Waals surface area (Å²) in [5, 5.41) is 8.91. The Morgan fingerprint density at radius 1 is 1.12 bits per heavy atom. The van der Waals surface area contributed by atoms with Crippen molar-refractivity contribution in [2.75, 3.05) is 33.4 Å². The van der Waals surface area contributed by atoms with Gasteiger partial charge in [-0.15, -0.1) is 0 Å². The number of methoxy groups -OCH3 is 1. The number of likely N-dealkylation sites (tertiary alicyclic amines) is 1. The number of nitrogens with zero attached hydrogens (tertiary/aromatic N) is 5. The van der Waals surface area contributed by atoms with Gasteiger partial charge < -0.3 is 23.5 Å². The zero-order chi connectivity index (χ0) is 29.8. The van der Waals surface area contributed by atoms with Crippen LogP contribution in [0, 0.1) is 23.1 Å². The van der Waals surface area contributed by atoms with Crippen LogP contribution in [-0.4, -0.2) is 64.9 Å². The number of aromatic nitrogens is 3. The fraction of sp³-hybridized carbons (Fsp3) is 0.375. The van der Waals surface area contributed by atoms with Gasteiger partial charge in [0.25, 0.3) is 0 Å². The first-order chi connectivity index (χ1) is 21.0. The summed E-state index contributed by atoms with van der Waals surface area (Å²) in [6.07, 6.45) is 1.69. The average Bonchev–Trinajstić information content (AvgIpc) is 3.34. The smallest absolute Gasteiger partial charge is 0.337 e. The molecule has 0 atom stereocenters. The van der Waals surface area contributed by atoms with Crippen molar-refractivity contribution in [1.29, 1.82) is 5.26 Å². The third-order valence-electron chi connectivity index (χ3n) is 7.80. The molecule has 0 amide bonds. The number of fused-ring (bicyclic) bond motifs is 1. The van der Waals surface area contributed by atoms with Gasteiger partial charge in [-0.25, -0.2) is 19.2 Å². The van der Waals surface area contributed by atoms with Crippen molar-refractivity contribution < 1.29 is 28.1 Å². The Labute approximate surface area is 248 Å². The number of pyridine rings is 1. The van der Waals surface area contributed by atoms with E-state index in [-0.39, 0.29) is 30.0 Å². The zero-order valence-corrected chi connectivity index (χ0v) is 23.9. The molecular weight excluding hydrogens is 553 g/mol. The van der Waals surface area contributed by atoms with Crippen LogP contribution in [0.2, 0.25) is 0 Å². The highest BCUT2D eigenvalue weighted by atomic mass is 19.1. The van der Waals surface area contributed by atoms with Gasteiger partial charge in [-0.1, -0.05) is 6.07 Å². The predicted molar refractivity (Wildman–Crippen MR) is 154 cm³/mol. The summed E-state index contributed by atoms with van der Waals surface area (Å²) in [5.41, 5.74) is 3.15. The standard InChI is InChI=1S/C32H32FN5O5/c1-40-32(39)23-6-7-27-28(14-23)38(16-22-18-41-19-22)30(36-27)17-37-11-9-25(10-12-37)43-31-4-2-3-24(35-31)20-42-29-8-5-21(15-34)13-26(29)33/h2-8,13-14,22,25H,9-12,16-20H2,1H3. The highest BCUT2D eigenvalue weighted by Gasteiger charge is 2.26. The van der Waals surface area contributed by atoms with E-state index in [0.717, 1.165) is 68.6 Å². The number of rotatable bonds is 10. The number of ether oxygens (including phenoxy) is 4. The molecular formula is C32H32FN5O5. The monoisotopic (exact) mass is 585 g/mol. The molecule has 0 aliphatic carbocycles. The summed E-state index contributed by atoms with van der Waals surface area (Å²) in [6.45, 7) is 4.70. The molecule has 11 heteroatoms. The molecule has 0 bridgehead atoms. The lowest BCUT2D eigenvalue weighted by Crippen LogP contribution is -2.39. The third kappa shape index (κ3) is 6.61. The molecule has 6 rings (SSSR count). The second-order valence-electron chi connectivity index (χ2n) is 10.8. The van der Waals surface area contributed by atoms with Crippen LogP contribution in [0.3, 0.4) is 0 Å². The van der Waals surface area contributed by atoms with Crippen LogP contribution in [-0.2, 0) is 29.2 Å². The van der Waals surface area contributed by atoms with Gasteiger partial charge in [0.2, 0.25) is 5.88 Å². The van der Waals surface area contributed by atoms with E-state index in [9.17, 15) is 9.18 Å². The Kier molecular flexibility index (Phi) is 8.49. The van der Waals surface area contributed by atoms with E-state index in [0.29, 0.717) is 29.6 Å². The molecule has 222 valence electrons. The highest BCUT2D eigenvalue weighted by Crippen LogP contribution is 2.26. The molecule has 0 saturated carbocycles. The first-order valence-electron chi connectivity index (χ1n) is 14.3. The van der Waals surface area contributed by atoms with Crippen molar-refractivity contribution in [1.82, 2.24) is 19.4 Å². The van der Waals surface area contributed by atoms with Crippen LogP contribution in [0.4, 0.5) is 4.39 Å². The number of esters is 1. The number of carbonyl (C=O) groups excluding carboxylic acids is 1. The van der Waals surface area contributed by atoms with E-state index in [2.05, 4.69) is 14.5 Å². The van der Waals surface area contributed by atoms with Crippen molar-refractivity contribution in [3.8, 4) is 17.7 Å². The van der Waals surface area contributed by atoms with Gasteiger partial charge in [-0.2, -0.15) is 5.26 Å². The van der Waals surface area contributed by atoms with Gasteiger partial charge in [0.05, 0.1) is 60.8 Å². The molecule has 2 aromatic carbocycles. The Bertz CT molecular complexity index is 1660. The van der Waals surface area contributed by atoms with E-state index in [1.165, 1.54) is 19.2 Å². The first-order valence-corrected chi connectivity index (χ1v) is 14.3. The third-order valence-corrected chi connectivity index (χ3v) is 7.80. The van der Waals surface area contributed by atoms with Gasteiger partial charge >= 0.3 is 5.97 Å². The normalized spacial score (nSPS) is 16.0. The Morgan fingerprint density at radius 3 is 2.67 bits per heavy atom. The molecule has 2 saturated heterocycles. The van der Waals surface area contributed by atoms with E-state index in [4.69, 9.17) is 29.2 Å². The lowest BCUT2D eigenvalue weighted by atomic mass is 10.1. The molecule has 0 unspecified atom stereocenters. The summed E-state index contributed by atoms with van der Waals surface area (Å²) in [5.74, 6) is 1.02. The Balaban J connectivity index is 1.06. The lowest BCUT2D eigenvalue weighted by Gasteiger charge is -2.32. The Hall–Kier alpha value is -4.53. The minimum Gasteiger partial charge on any atom is -0.484 e. The van der Waals surface area contributed by atoms with Crippen molar-refractivity contribution in [2.24, 2.45) is 5.92 Å². The lowest BCUT2D eigenvalue weighted by molar-refractivity contribution is -0.0394. The molecule has 2 aliphatic rings. The molecule has 0 spiro atoms. The molecule has 43 heavy (non-hydrogen) atoms. The minimum absolute atomic E-state index is 0.0180. The Morgan fingerprint density at radius 2 is 1.95 bits per heavy atom. The number of carbonyl (C=O) groups is 1. The van der Waals surface area contributed by atoms with Crippen LogP contribution in [0.1, 0.15) is 40.3 Å². The largest absolute Gasteiger partial charge is 0.484 e. The number of imidazole rings is 1. The minimum atomic E-state index is -0.586. The van der Waals surface area contributed by atoms with Crippen molar-refractivity contribution in [3.05, 3.63) is 83.1 Å². The van der Waals surface area contributed by atoms with Crippen LogP contribution in [0.15, 0.2) is 54.6 Å². The highest BCUT2D eigenvalue weighted by molar-refractivity contribution is 5.93. The number of halogens is 1. The van der Waals surface area contributed by atoms with Gasteiger partial charge in [0.15, 0.2) is 11.6 Å². The topological polar surface area (TPSA) is 112 Å². The summed E-state index contributed by atoms with van der Waals surface area (Å²) >= 11 is 0. The SMILES string of the molecule is COC(=O)c1ccc2nc(CN3CCC(Oc4cccc(COc5ccc(C#N)cc5F)n4)CC3)n(CC3COC3)c2c1. The maximum Gasteiger partial charge on any atom is 0.337 e.